The van der Waals surface area contributed by atoms with Crippen LogP contribution in [0.5, 0.6) is 0 Å². The summed E-state index contributed by atoms with van der Waals surface area (Å²) in [4.78, 5) is 0. The molecule has 0 aromatic carbocycles. The first-order chi connectivity index (χ1) is 11.5. The molecule has 2 atom stereocenters. The molecule has 1 aliphatic rings. The van der Waals surface area contributed by atoms with Crippen LogP contribution in [0.3, 0.4) is 0 Å². The monoisotopic (exact) mass is 355 g/mol. The van der Waals surface area contributed by atoms with E-state index in [2.05, 4.69) is 33.0 Å². The molecule has 2 unspecified atom stereocenters. The Balaban J connectivity index is 2.26. The maximum Gasteiger partial charge on any atom is 0.0619 e. The topological polar surface area (TPSA) is 62.4 Å². The van der Waals surface area contributed by atoms with Crippen molar-refractivity contribution in [1.82, 2.24) is 5.32 Å². The van der Waals surface area contributed by atoms with Crippen molar-refractivity contribution in [2.45, 2.75) is 111 Å². The number of rotatable bonds is 14. The average molecular weight is 356 g/mol. The summed E-state index contributed by atoms with van der Waals surface area (Å²) in [5, 5.41) is 23.3. The summed E-state index contributed by atoms with van der Waals surface area (Å²) < 4.78 is 0. The van der Waals surface area contributed by atoms with E-state index in [0.29, 0.717) is 11.3 Å². The molecule has 3 N–H and O–H groups in total. The predicted octanol–water partition coefficient (Wildman–Crippen LogP) is 4.90. The van der Waals surface area contributed by atoms with Crippen LogP contribution in [0.1, 0.15) is 99.3 Å². The van der Waals surface area contributed by atoms with E-state index in [9.17, 15) is 10.2 Å². The molecule has 1 heterocycles. The van der Waals surface area contributed by atoms with Crippen LogP contribution in [0.25, 0.3) is 0 Å². The minimum absolute atomic E-state index is 0.0340. The van der Waals surface area contributed by atoms with Crippen molar-refractivity contribution in [3.05, 3.63) is 0 Å². The normalized spacial score (nSPS) is 19.9. The number of nitrogens with one attached hydrogen (secondary N) is 1. The van der Waals surface area contributed by atoms with Crippen LogP contribution in [-0.4, -0.2) is 35.0 Å². The molecule has 1 saturated heterocycles. The first kappa shape index (κ1) is 22.9. The molecule has 0 saturated carbocycles. The van der Waals surface area contributed by atoms with E-state index in [-0.39, 0.29) is 12.0 Å². The van der Waals surface area contributed by atoms with E-state index in [1.54, 1.807) is 0 Å². The third-order valence-corrected chi connectivity index (χ3v) is 6.03. The predicted molar refractivity (Wildman–Crippen MR) is 108 cm³/mol. The van der Waals surface area contributed by atoms with Gasteiger partial charge in [0.15, 0.2) is 0 Å². The maximum atomic E-state index is 10.5. The quantitative estimate of drug-likeness (QED) is 0.307. The van der Waals surface area contributed by atoms with Crippen LogP contribution >= 0.6 is 0 Å². The summed E-state index contributed by atoms with van der Waals surface area (Å²) in [7, 11) is 0. The van der Waals surface area contributed by atoms with Crippen molar-refractivity contribution in [2.24, 2.45) is 16.7 Å². The molecule has 0 radical (unpaired) electrons. The third-order valence-electron chi connectivity index (χ3n) is 6.03. The first-order valence-electron chi connectivity index (χ1n) is 10.5. The molecule has 0 bridgehead atoms. The van der Waals surface area contributed by atoms with Crippen LogP contribution in [0.2, 0.25) is 0 Å². The third kappa shape index (κ3) is 10.6. The maximum absolute atomic E-state index is 10.5. The molecular formula is C22H45NO2. The molecule has 150 valence electrons. The van der Waals surface area contributed by atoms with Crippen LogP contribution in [0.15, 0.2) is 0 Å². The largest absolute Gasteiger partial charge is 0.396 e. The van der Waals surface area contributed by atoms with Gasteiger partial charge in [-0.15, -0.1) is 0 Å². The molecule has 0 aliphatic carbocycles. The second-order valence-corrected chi connectivity index (χ2v) is 10.6. The minimum Gasteiger partial charge on any atom is -0.396 e. The second-order valence-electron chi connectivity index (χ2n) is 10.6. The Morgan fingerprint density at radius 3 is 1.76 bits per heavy atom. The Kier molecular flexibility index (Phi) is 8.90. The van der Waals surface area contributed by atoms with Crippen molar-refractivity contribution in [2.75, 3.05) is 13.2 Å². The highest BCUT2D eigenvalue weighted by Gasteiger charge is 2.30. The molecule has 0 aromatic heterocycles. The highest BCUT2D eigenvalue weighted by Crippen LogP contribution is 2.34. The van der Waals surface area contributed by atoms with E-state index in [4.69, 9.17) is 0 Å². The number of hydrogen-bond donors (Lipinski definition) is 3. The number of aliphatic hydroxyl groups excluding tert-OH is 1. The van der Waals surface area contributed by atoms with E-state index in [0.717, 1.165) is 38.1 Å². The Labute approximate surface area is 157 Å². The SMILES string of the molecule is CC(C)(CO)CCCCC(CCCCC(C)(C)CC1CN1)C(C)(C)O. The second kappa shape index (κ2) is 9.71. The fraction of sp³-hybridized carbons (Fsp3) is 1.00. The molecule has 0 amide bonds. The number of hydrogen-bond acceptors (Lipinski definition) is 3. The van der Waals surface area contributed by atoms with Gasteiger partial charge in [0, 0.05) is 19.2 Å². The molecular weight excluding hydrogens is 310 g/mol. The van der Waals surface area contributed by atoms with E-state index >= 15 is 0 Å². The van der Waals surface area contributed by atoms with Gasteiger partial charge in [0.05, 0.1) is 5.60 Å². The highest BCUT2D eigenvalue weighted by atomic mass is 16.3. The van der Waals surface area contributed by atoms with Crippen molar-refractivity contribution >= 4 is 0 Å². The fourth-order valence-corrected chi connectivity index (χ4v) is 3.92. The van der Waals surface area contributed by atoms with Crippen molar-refractivity contribution in [1.29, 1.82) is 0 Å². The zero-order chi connectivity index (χ0) is 19.1. The summed E-state index contributed by atoms with van der Waals surface area (Å²) in [6.45, 7) is 14.4. The first-order valence-corrected chi connectivity index (χ1v) is 10.5. The van der Waals surface area contributed by atoms with Gasteiger partial charge < -0.3 is 15.5 Å². The van der Waals surface area contributed by atoms with Crippen molar-refractivity contribution < 1.29 is 10.2 Å². The summed E-state index contributed by atoms with van der Waals surface area (Å²) in [6, 6.07) is 0.766. The zero-order valence-electron chi connectivity index (χ0n) is 17.8. The standard InChI is InChI=1S/C22H45NO2/c1-20(2,15-19-16-23-19)13-9-7-11-18(22(5,6)25)12-8-10-14-21(3,4)17-24/h18-19,23-25H,7-17H2,1-6H3. The molecule has 1 fully saturated rings. The van der Waals surface area contributed by atoms with Gasteiger partial charge >= 0.3 is 0 Å². The lowest BCUT2D eigenvalue weighted by Gasteiger charge is -2.31. The Morgan fingerprint density at radius 2 is 1.36 bits per heavy atom. The zero-order valence-corrected chi connectivity index (χ0v) is 17.8. The van der Waals surface area contributed by atoms with Gasteiger partial charge in [0.1, 0.15) is 0 Å². The number of unbranched alkanes of at least 4 members (excludes halogenated alkanes) is 2. The smallest absolute Gasteiger partial charge is 0.0619 e. The summed E-state index contributed by atoms with van der Waals surface area (Å²) in [6.07, 6.45) is 10.6. The van der Waals surface area contributed by atoms with Gasteiger partial charge in [-0.2, -0.15) is 0 Å². The lowest BCUT2D eigenvalue weighted by atomic mass is 9.79. The van der Waals surface area contributed by atoms with Crippen LogP contribution < -0.4 is 5.32 Å². The van der Waals surface area contributed by atoms with Gasteiger partial charge in [0.25, 0.3) is 0 Å². The lowest BCUT2D eigenvalue weighted by Crippen LogP contribution is -2.31. The molecule has 1 aliphatic heterocycles. The van der Waals surface area contributed by atoms with Crippen LogP contribution in [0, 0.1) is 16.7 Å². The molecule has 0 aromatic rings. The van der Waals surface area contributed by atoms with Crippen LogP contribution in [0.4, 0.5) is 0 Å². The molecule has 0 spiro atoms. The van der Waals surface area contributed by atoms with Gasteiger partial charge in [-0.05, 0) is 62.7 Å². The van der Waals surface area contributed by atoms with E-state index in [1.807, 2.05) is 13.8 Å². The summed E-state index contributed by atoms with van der Waals surface area (Å²) >= 11 is 0. The van der Waals surface area contributed by atoms with E-state index in [1.165, 1.54) is 32.2 Å². The Hall–Kier alpha value is -0.120. The van der Waals surface area contributed by atoms with Crippen molar-refractivity contribution in [3.63, 3.8) is 0 Å². The lowest BCUT2D eigenvalue weighted by molar-refractivity contribution is 0.00647. The fourth-order valence-electron chi connectivity index (χ4n) is 3.92. The summed E-state index contributed by atoms with van der Waals surface area (Å²) in [5.74, 6) is 0.387. The molecule has 3 heteroatoms. The molecule has 25 heavy (non-hydrogen) atoms. The van der Waals surface area contributed by atoms with Gasteiger partial charge in [-0.25, -0.2) is 0 Å². The van der Waals surface area contributed by atoms with Gasteiger partial charge in [-0.1, -0.05) is 53.4 Å². The van der Waals surface area contributed by atoms with Crippen molar-refractivity contribution in [3.8, 4) is 0 Å². The summed E-state index contributed by atoms with van der Waals surface area (Å²) in [5.41, 5.74) is -0.111. The molecule has 3 nitrogen and oxygen atoms in total. The van der Waals surface area contributed by atoms with Gasteiger partial charge in [-0.3, -0.25) is 0 Å². The Bertz CT molecular complexity index is 367. The van der Waals surface area contributed by atoms with Crippen LogP contribution in [-0.2, 0) is 0 Å². The Morgan fingerprint density at radius 1 is 0.880 bits per heavy atom. The van der Waals surface area contributed by atoms with E-state index < -0.39 is 5.60 Å². The minimum atomic E-state index is -0.583. The highest BCUT2D eigenvalue weighted by molar-refractivity contribution is 4.88. The average Bonchev–Trinajstić information content (AvgIpc) is 3.27. The van der Waals surface area contributed by atoms with Gasteiger partial charge in [0.2, 0.25) is 0 Å². The molecule has 1 rings (SSSR count). The number of aliphatic hydroxyl groups is 2.